The summed E-state index contributed by atoms with van der Waals surface area (Å²) in [6.45, 7) is 1.86. The number of carbonyl (C=O) groups excluding carboxylic acids is 2. The Bertz CT molecular complexity index is 1150. The van der Waals surface area contributed by atoms with Crippen LogP contribution in [0.2, 0.25) is 5.02 Å². The molecule has 2 amide bonds. The molecule has 3 aromatic carbocycles. The number of rotatable bonds is 5. The van der Waals surface area contributed by atoms with Crippen molar-refractivity contribution in [1.82, 2.24) is 0 Å². The second kappa shape index (κ2) is 8.93. The molecule has 6 nitrogen and oxygen atoms in total. The van der Waals surface area contributed by atoms with Crippen LogP contribution in [0.5, 0.6) is 11.5 Å². The molecule has 1 aliphatic rings. The fourth-order valence-corrected chi connectivity index (χ4v) is 3.96. The lowest BCUT2D eigenvalue weighted by Crippen LogP contribution is -2.56. The second-order valence-electron chi connectivity index (χ2n) is 7.52. The van der Waals surface area contributed by atoms with Gasteiger partial charge in [0.15, 0.2) is 0 Å². The molecule has 3 aromatic rings. The van der Waals surface area contributed by atoms with E-state index in [1.807, 2.05) is 31.2 Å². The minimum absolute atomic E-state index is 0.119. The summed E-state index contributed by atoms with van der Waals surface area (Å²) in [4.78, 5) is 30.3. The first-order valence-electron chi connectivity index (χ1n) is 10.1. The van der Waals surface area contributed by atoms with Crippen molar-refractivity contribution in [1.29, 1.82) is 0 Å². The Kier molecular flexibility index (Phi) is 6.06. The van der Waals surface area contributed by atoms with Crippen LogP contribution in [-0.2, 0) is 9.59 Å². The van der Waals surface area contributed by atoms with Crippen molar-refractivity contribution >= 4 is 34.8 Å². The van der Waals surface area contributed by atoms with Gasteiger partial charge in [0.1, 0.15) is 24.1 Å². The molecule has 1 fully saturated rings. The molecule has 0 N–H and O–H groups in total. The molecule has 4 rings (SSSR count). The Balaban J connectivity index is 1.82. The first-order valence-corrected chi connectivity index (χ1v) is 10.5. The lowest BCUT2D eigenvalue weighted by atomic mass is 9.98. The molecule has 0 bridgehead atoms. The zero-order valence-corrected chi connectivity index (χ0v) is 18.8. The van der Waals surface area contributed by atoms with E-state index >= 15 is 0 Å². The summed E-state index contributed by atoms with van der Waals surface area (Å²) >= 11 is 6.05. The van der Waals surface area contributed by atoms with Crippen molar-refractivity contribution in [2.24, 2.45) is 0 Å². The molecule has 0 aliphatic carbocycles. The number of benzene rings is 3. The van der Waals surface area contributed by atoms with Crippen molar-refractivity contribution in [3.8, 4) is 11.5 Å². The van der Waals surface area contributed by atoms with E-state index in [1.165, 1.54) is 16.9 Å². The Morgan fingerprint density at radius 2 is 1.59 bits per heavy atom. The average Bonchev–Trinajstić information content (AvgIpc) is 2.81. The van der Waals surface area contributed by atoms with Crippen LogP contribution < -0.4 is 19.3 Å². The summed E-state index contributed by atoms with van der Waals surface area (Å²) in [5, 5.41) is 0.556. The zero-order valence-electron chi connectivity index (χ0n) is 18.0. The summed E-state index contributed by atoms with van der Waals surface area (Å²) in [5.74, 6) is 0.606. The zero-order chi connectivity index (χ0) is 22.8. The Morgan fingerprint density at radius 1 is 0.906 bits per heavy atom. The number of aryl methyl sites for hydroxylation is 1. The average molecular weight is 451 g/mol. The third-order valence-electron chi connectivity index (χ3n) is 5.50. The Hall–Kier alpha value is -3.51. The smallest absolute Gasteiger partial charge is 0.255 e. The van der Waals surface area contributed by atoms with Gasteiger partial charge < -0.3 is 9.47 Å². The van der Waals surface area contributed by atoms with Gasteiger partial charge in [-0.25, -0.2) is 0 Å². The van der Waals surface area contributed by atoms with E-state index in [4.69, 9.17) is 21.1 Å². The van der Waals surface area contributed by atoms with E-state index in [0.29, 0.717) is 27.9 Å². The fourth-order valence-electron chi connectivity index (χ4n) is 3.84. The van der Waals surface area contributed by atoms with Crippen molar-refractivity contribution in [2.45, 2.75) is 13.0 Å². The number of carbonyl (C=O) groups is 2. The number of ether oxygens (including phenoxy) is 2. The van der Waals surface area contributed by atoms with Crippen LogP contribution >= 0.6 is 11.6 Å². The normalized spacial score (nSPS) is 16.3. The molecule has 1 atom stereocenters. The molecule has 1 saturated heterocycles. The summed E-state index contributed by atoms with van der Waals surface area (Å²) < 4.78 is 10.8. The van der Waals surface area contributed by atoms with E-state index in [1.54, 1.807) is 49.6 Å². The summed E-state index contributed by atoms with van der Waals surface area (Å²) in [6, 6.07) is 18.9. The number of methoxy groups -OCH3 is 2. The van der Waals surface area contributed by atoms with Crippen LogP contribution in [0, 0.1) is 6.92 Å². The monoisotopic (exact) mass is 450 g/mol. The molecule has 1 heterocycles. The maximum Gasteiger partial charge on any atom is 0.255 e. The van der Waals surface area contributed by atoms with E-state index in [0.717, 1.165) is 11.1 Å². The quantitative estimate of drug-likeness (QED) is 0.561. The number of halogens is 1. The van der Waals surface area contributed by atoms with Crippen LogP contribution in [-0.4, -0.2) is 32.6 Å². The van der Waals surface area contributed by atoms with Crippen LogP contribution in [0.3, 0.4) is 0 Å². The van der Waals surface area contributed by atoms with Crippen molar-refractivity contribution in [3.05, 3.63) is 82.9 Å². The van der Waals surface area contributed by atoms with Crippen LogP contribution in [0.15, 0.2) is 66.7 Å². The predicted molar refractivity (Wildman–Crippen MR) is 125 cm³/mol. The Morgan fingerprint density at radius 3 is 2.22 bits per heavy atom. The van der Waals surface area contributed by atoms with E-state index < -0.39 is 6.04 Å². The van der Waals surface area contributed by atoms with Crippen molar-refractivity contribution in [2.75, 3.05) is 30.6 Å². The second-order valence-corrected chi connectivity index (χ2v) is 7.95. The number of hydrogen-bond donors (Lipinski definition) is 0. The van der Waals surface area contributed by atoms with E-state index in [2.05, 4.69) is 0 Å². The molecule has 0 saturated carbocycles. The molecular formula is C25H23ClN2O4. The maximum absolute atomic E-state index is 13.8. The van der Waals surface area contributed by atoms with Gasteiger partial charge >= 0.3 is 0 Å². The van der Waals surface area contributed by atoms with Crippen LogP contribution in [0.4, 0.5) is 11.4 Å². The number of hydrogen-bond acceptors (Lipinski definition) is 4. The highest BCUT2D eigenvalue weighted by Gasteiger charge is 2.42. The third kappa shape index (κ3) is 4.01. The van der Waals surface area contributed by atoms with Gasteiger partial charge in [0.05, 0.1) is 19.9 Å². The molecule has 0 aromatic heterocycles. The first-order chi connectivity index (χ1) is 15.4. The summed E-state index contributed by atoms with van der Waals surface area (Å²) in [5.41, 5.74) is 2.91. The first kappa shape index (κ1) is 21.7. The van der Waals surface area contributed by atoms with Gasteiger partial charge in [-0.1, -0.05) is 41.4 Å². The molecule has 1 unspecified atom stereocenters. The predicted octanol–water partition coefficient (Wildman–Crippen LogP) is 4.79. The Labute approximate surface area is 191 Å². The van der Waals surface area contributed by atoms with Gasteiger partial charge in [0, 0.05) is 16.8 Å². The lowest BCUT2D eigenvalue weighted by Gasteiger charge is -2.40. The van der Waals surface area contributed by atoms with Gasteiger partial charge in [-0.2, -0.15) is 0 Å². The topological polar surface area (TPSA) is 59.1 Å². The van der Waals surface area contributed by atoms with Crippen LogP contribution in [0.1, 0.15) is 17.2 Å². The summed E-state index contributed by atoms with van der Waals surface area (Å²) in [7, 11) is 3.08. The minimum Gasteiger partial charge on any atom is -0.497 e. The highest BCUT2D eigenvalue weighted by atomic mass is 35.5. The van der Waals surface area contributed by atoms with Crippen molar-refractivity contribution in [3.63, 3.8) is 0 Å². The maximum atomic E-state index is 13.8. The number of nitrogens with zero attached hydrogens (tertiary/aromatic N) is 2. The SMILES string of the molecule is COc1ccc(N2CC(=O)N(c3ccc(Cl)cc3)C(c3ccc(C)cc3)C2=O)c(OC)c1. The van der Waals surface area contributed by atoms with E-state index in [9.17, 15) is 9.59 Å². The lowest BCUT2D eigenvalue weighted by molar-refractivity contribution is -0.128. The van der Waals surface area contributed by atoms with Gasteiger partial charge in [-0.15, -0.1) is 0 Å². The fraction of sp³-hybridized carbons (Fsp3) is 0.200. The number of anilines is 2. The molecule has 164 valence electrons. The summed E-state index contributed by atoms with van der Waals surface area (Å²) in [6.07, 6.45) is 0. The number of piperazine rings is 1. The number of amides is 2. The van der Waals surface area contributed by atoms with Gasteiger partial charge in [-0.3, -0.25) is 19.4 Å². The van der Waals surface area contributed by atoms with Gasteiger partial charge in [-0.05, 0) is 48.9 Å². The minimum atomic E-state index is -0.829. The van der Waals surface area contributed by atoms with E-state index in [-0.39, 0.29) is 18.4 Å². The molecule has 0 radical (unpaired) electrons. The molecule has 1 aliphatic heterocycles. The molecule has 7 heteroatoms. The molecular weight excluding hydrogens is 428 g/mol. The van der Waals surface area contributed by atoms with Gasteiger partial charge in [0.2, 0.25) is 5.91 Å². The third-order valence-corrected chi connectivity index (χ3v) is 5.75. The van der Waals surface area contributed by atoms with Crippen LogP contribution in [0.25, 0.3) is 0 Å². The molecule has 0 spiro atoms. The van der Waals surface area contributed by atoms with Crippen molar-refractivity contribution < 1.29 is 19.1 Å². The largest absolute Gasteiger partial charge is 0.497 e. The standard InChI is InChI=1S/C25H23ClN2O4/c1-16-4-6-17(7-5-16)24-25(30)27(21-13-12-20(31-2)14-22(21)32-3)15-23(29)28(24)19-10-8-18(26)9-11-19/h4-14,24H,15H2,1-3H3. The molecule has 32 heavy (non-hydrogen) atoms. The highest BCUT2D eigenvalue weighted by Crippen LogP contribution is 2.39. The van der Waals surface area contributed by atoms with Gasteiger partial charge in [0.25, 0.3) is 5.91 Å². The highest BCUT2D eigenvalue weighted by molar-refractivity contribution is 6.30.